The lowest BCUT2D eigenvalue weighted by atomic mass is 10.1. The molecule has 5 nitrogen and oxygen atoms in total. The van der Waals surface area contributed by atoms with Gasteiger partial charge in [0, 0.05) is 29.9 Å². The third-order valence-corrected chi connectivity index (χ3v) is 6.12. The van der Waals surface area contributed by atoms with Crippen LogP contribution in [0.3, 0.4) is 0 Å². The van der Waals surface area contributed by atoms with Crippen LogP contribution in [-0.4, -0.2) is 42.0 Å². The molecule has 0 aliphatic carbocycles. The van der Waals surface area contributed by atoms with Gasteiger partial charge in [0.1, 0.15) is 0 Å². The normalized spacial score (nSPS) is 19.3. The highest BCUT2D eigenvalue weighted by atomic mass is 32.1. The summed E-state index contributed by atoms with van der Waals surface area (Å²) < 4.78 is 6.80. The zero-order valence-corrected chi connectivity index (χ0v) is 17.4. The van der Waals surface area contributed by atoms with E-state index in [1.165, 1.54) is 11.3 Å². The predicted molar refractivity (Wildman–Crippen MR) is 115 cm³/mol. The van der Waals surface area contributed by atoms with Crippen LogP contribution >= 0.6 is 11.3 Å². The van der Waals surface area contributed by atoms with Gasteiger partial charge in [-0.1, -0.05) is 30.3 Å². The van der Waals surface area contributed by atoms with Gasteiger partial charge >= 0.3 is 0 Å². The van der Waals surface area contributed by atoms with Crippen LogP contribution < -0.4 is 5.32 Å². The molecule has 0 bridgehead atoms. The summed E-state index contributed by atoms with van der Waals surface area (Å²) in [5.41, 5.74) is 1.62. The standard InChI is InChI=1S/C23H24N2O3S/c1-15-13-25(14-16(2)28-15)23(27)18-9-7-17(8-10-18)12-24-22(26)21-11-19-5-3-4-6-20(19)29-21/h3-11,15-16H,12-14H2,1-2H3,(H,24,26). The average Bonchev–Trinajstić information content (AvgIpc) is 3.15. The third kappa shape index (κ3) is 4.49. The van der Waals surface area contributed by atoms with Crippen molar-refractivity contribution in [2.45, 2.75) is 32.6 Å². The molecule has 29 heavy (non-hydrogen) atoms. The van der Waals surface area contributed by atoms with Crippen LogP contribution in [-0.2, 0) is 11.3 Å². The van der Waals surface area contributed by atoms with E-state index in [1.54, 1.807) is 0 Å². The van der Waals surface area contributed by atoms with Crippen molar-refractivity contribution in [2.75, 3.05) is 13.1 Å². The molecule has 0 saturated carbocycles. The first kappa shape index (κ1) is 19.6. The van der Waals surface area contributed by atoms with Gasteiger partial charge in [-0.25, -0.2) is 0 Å². The molecule has 2 heterocycles. The van der Waals surface area contributed by atoms with E-state index in [4.69, 9.17) is 4.74 Å². The maximum Gasteiger partial charge on any atom is 0.261 e. The second-order valence-corrected chi connectivity index (χ2v) is 8.58. The second kappa shape index (κ2) is 8.35. The van der Waals surface area contributed by atoms with Crippen LogP contribution in [0.25, 0.3) is 10.1 Å². The molecule has 150 valence electrons. The maximum atomic E-state index is 12.7. The van der Waals surface area contributed by atoms with E-state index in [-0.39, 0.29) is 24.0 Å². The number of benzene rings is 2. The number of fused-ring (bicyclic) bond motifs is 1. The molecular formula is C23H24N2O3S. The van der Waals surface area contributed by atoms with Crippen LogP contribution in [0.4, 0.5) is 0 Å². The van der Waals surface area contributed by atoms with E-state index >= 15 is 0 Å². The molecule has 1 aromatic heterocycles. The minimum Gasteiger partial charge on any atom is -0.372 e. The van der Waals surface area contributed by atoms with Crippen LogP contribution in [0.1, 0.15) is 39.4 Å². The number of thiophene rings is 1. The van der Waals surface area contributed by atoms with Gasteiger partial charge in [0.25, 0.3) is 11.8 Å². The molecule has 6 heteroatoms. The Morgan fingerprint density at radius 2 is 1.76 bits per heavy atom. The van der Waals surface area contributed by atoms with Gasteiger partial charge < -0.3 is 15.0 Å². The highest BCUT2D eigenvalue weighted by Crippen LogP contribution is 2.25. The predicted octanol–water partition coefficient (Wildman–Crippen LogP) is 4.08. The van der Waals surface area contributed by atoms with E-state index in [1.807, 2.05) is 73.3 Å². The molecule has 2 aromatic carbocycles. The Kier molecular flexibility index (Phi) is 5.65. The maximum absolute atomic E-state index is 12.7. The quantitative estimate of drug-likeness (QED) is 0.708. The number of carbonyl (C=O) groups excluding carboxylic acids is 2. The lowest BCUT2D eigenvalue weighted by Crippen LogP contribution is -2.48. The molecule has 1 aliphatic rings. The first-order chi connectivity index (χ1) is 14.0. The zero-order chi connectivity index (χ0) is 20.4. The number of rotatable bonds is 4. The smallest absolute Gasteiger partial charge is 0.261 e. The fourth-order valence-electron chi connectivity index (χ4n) is 3.65. The number of nitrogens with one attached hydrogen (secondary N) is 1. The van der Waals surface area contributed by atoms with Gasteiger partial charge in [0.15, 0.2) is 0 Å². The van der Waals surface area contributed by atoms with Gasteiger partial charge in [-0.05, 0) is 49.1 Å². The number of carbonyl (C=O) groups is 2. The minimum absolute atomic E-state index is 0.0212. The van der Waals surface area contributed by atoms with Gasteiger partial charge in [-0.15, -0.1) is 11.3 Å². The molecule has 4 rings (SSSR count). The third-order valence-electron chi connectivity index (χ3n) is 5.01. The summed E-state index contributed by atoms with van der Waals surface area (Å²) in [4.78, 5) is 27.7. The average molecular weight is 409 g/mol. The van der Waals surface area contributed by atoms with E-state index in [2.05, 4.69) is 5.32 Å². The van der Waals surface area contributed by atoms with Crippen molar-refractivity contribution in [1.29, 1.82) is 0 Å². The number of hydrogen-bond acceptors (Lipinski definition) is 4. The highest BCUT2D eigenvalue weighted by Gasteiger charge is 2.26. The molecule has 1 aliphatic heterocycles. The highest BCUT2D eigenvalue weighted by molar-refractivity contribution is 7.20. The number of morpholine rings is 1. The van der Waals surface area contributed by atoms with Crippen molar-refractivity contribution in [2.24, 2.45) is 0 Å². The van der Waals surface area contributed by atoms with Crippen molar-refractivity contribution in [1.82, 2.24) is 10.2 Å². The lowest BCUT2D eigenvalue weighted by Gasteiger charge is -2.35. The van der Waals surface area contributed by atoms with Crippen LogP contribution in [0, 0.1) is 0 Å². The van der Waals surface area contributed by atoms with Gasteiger partial charge in [0.2, 0.25) is 0 Å². The summed E-state index contributed by atoms with van der Waals surface area (Å²) in [7, 11) is 0. The van der Waals surface area contributed by atoms with Crippen LogP contribution in [0.5, 0.6) is 0 Å². The summed E-state index contributed by atoms with van der Waals surface area (Å²) in [6, 6.07) is 17.3. The second-order valence-electron chi connectivity index (χ2n) is 7.50. The molecule has 1 fully saturated rings. The van der Waals surface area contributed by atoms with E-state index < -0.39 is 0 Å². The summed E-state index contributed by atoms with van der Waals surface area (Å²) >= 11 is 1.49. The first-order valence-corrected chi connectivity index (χ1v) is 10.6. The van der Waals surface area contributed by atoms with Gasteiger partial charge in [0.05, 0.1) is 17.1 Å². The Morgan fingerprint density at radius 3 is 2.45 bits per heavy atom. The molecule has 1 saturated heterocycles. The topological polar surface area (TPSA) is 58.6 Å². The van der Waals surface area contributed by atoms with Crippen molar-refractivity contribution >= 4 is 33.2 Å². The molecule has 2 atom stereocenters. The Hall–Kier alpha value is -2.70. The molecule has 0 spiro atoms. The zero-order valence-electron chi connectivity index (χ0n) is 16.6. The molecule has 3 aromatic rings. The number of nitrogens with zero attached hydrogens (tertiary/aromatic N) is 1. The molecule has 0 radical (unpaired) electrons. The first-order valence-electron chi connectivity index (χ1n) is 9.80. The number of amides is 2. The van der Waals surface area contributed by atoms with Crippen LogP contribution in [0.2, 0.25) is 0 Å². The van der Waals surface area contributed by atoms with E-state index in [0.29, 0.717) is 30.1 Å². The SMILES string of the molecule is CC1CN(C(=O)c2ccc(CNC(=O)c3cc4ccccc4s3)cc2)CC(C)O1. The number of hydrogen-bond donors (Lipinski definition) is 1. The van der Waals surface area contributed by atoms with E-state index in [9.17, 15) is 9.59 Å². The van der Waals surface area contributed by atoms with Gasteiger partial charge in [-0.3, -0.25) is 9.59 Å². The van der Waals surface area contributed by atoms with Crippen molar-refractivity contribution in [3.8, 4) is 0 Å². The van der Waals surface area contributed by atoms with Crippen LogP contribution in [0.15, 0.2) is 54.6 Å². The summed E-state index contributed by atoms with van der Waals surface area (Å²) in [6.07, 6.45) is 0.0946. The molecule has 1 N–H and O–H groups in total. The van der Waals surface area contributed by atoms with Gasteiger partial charge in [-0.2, -0.15) is 0 Å². The summed E-state index contributed by atoms with van der Waals surface area (Å²) in [5.74, 6) is -0.0597. The van der Waals surface area contributed by atoms with Crippen molar-refractivity contribution < 1.29 is 14.3 Å². The Labute approximate surface area is 174 Å². The van der Waals surface area contributed by atoms with Crippen molar-refractivity contribution in [3.05, 3.63) is 70.6 Å². The Morgan fingerprint density at radius 1 is 1.07 bits per heavy atom. The summed E-state index contributed by atoms with van der Waals surface area (Å²) in [6.45, 7) is 5.61. The Bertz CT molecular complexity index is 985. The molecular weight excluding hydrogens is 384 g/mol. The molecule has 2 unspecified atom stereocenters. The van der Waals surface area contributed by atoms with Crippen molar-refractivity contribution in [3.63, 3.8) is 0 Å². The fourth-order valence-corrected chi connectivity index (χ4v) is 4.63. The lowest BCUT2D eigenvalue weighted by molar-refractivity contribution is -0.0586. The fraction of sp³-hybridized carbons (Fsp3) is 0.304. The Balaban J connectivity index is 1.36. The summed E-state index contributed by atoms with van der Waals surface area (Å²) in [5, 5.41) is 4.04. The largest absolute Gasteiger partial charge is 0.372 e. The van der Waals surface area contributed by atoms with E-state index in [0.717, 1.165) is 15.6 Å². The number of ether oxygens (including phenoxy) is 1. The monoisotopic (exact) mass is 408 g/mol. The molecule has 2 amide bonds. The minimum atomic E-state index is -0.0809.